The monoisotopic (exact) mass is 362 g/mol. The molecule has 24 heavy (non-hydrogen) atoms. The van der Waals surface area contributed by atoms with Crippen molar-refractivity contribution >= 4 is 58.6 Å². The number of ether oxygens (including phenoxy) is 4. The molecule has 0 aliphatic rings. The van der Waals surface area contributed by atoms with Crippen molar-refractivity contribution in [1.82, 2.24) is 0 Å². The first kappa shape index (κ1) is 42.7. The molecule has 0 aliphatic carbocycles. The van der Waals surface area contributed by atoms with E-state index in [0.29, 0.717) is 0 Å². The van der Waals surface area contributed by atoms with E-state index in [1.807, 2.05) is 6.79 Å². The molecule has 15 heteroatoms. The molecular formula is C9H14O15. The van der Waals surface area contributed by atoms with Gasteiger partial charge in [0.2, 0.25) is 0 Å². The molecule has 140 valence electrons. The van der Waals surface area contributed by atoms with E-state index in [4.69, 9.17) is 43.2 Å². The van der Waals surface area contributed by atoms with Crippen LogP contribution in [-0.4, -0.2) is 69.5 Å². The molecule has 15 nitrogen and oxygen atoms in total. The summed E-state index contributed by atoms with van der Waals surface area (Å²) in [6.45, 7) is 2.50. The Morgan fingerprint density at radius 1 is 0.375 bits per heavy atom. The number of hydrogen-bond donors (Lipinski definition) is 0. The van der Waals surface area contributed by atoms with Gasteiger partial charge in [0, 0.05) is 0 Å². The van der Waals surface area contributed by atoms with Crippen molar-refractivity contribution in [2.45, 2.75) is 0 Å². The molecule has 0 aromatic rings. The van der Waals surface area contributed by atoms with Gasteiger partial charge in [-0.15, -0.1) is 0 Å². The minimum atomic E-state index is 0. The molecule has 0 saturated heterocycles. The highest BCUT2D eigenvalue weighted by Crippen LogP contribution is 1.42. The van der Waals surface area contributed by atoms with Gasteiger partial charge in [0.15, 0.2) is 0 Å². The molecule has 0 spiro atoms. The Hall–Kier alpha value is -3.85. The second-order valence-corrected chi connectivity index (χ2v) is 1.31. The van der Waals surface area contributed by atoms with E-state index in [1.165, 1.54) is 0 Å². The molecule has 0 aromatic carbocycles. The zero-order chi connectivity index (χ0) is 18.5. The largest absolute Gasteiger partial charge is 0.412 e. The summed E-state index contributed by atoms with van der Waals surface area (Å²) in [6, 6.07) is 0. The van der Waals surface area contributed by atoms with Crippen LogP contribution in [0.15, 0.2) is 0 Å². The molecule has 0 aliphatic heterocycles. The minimum absolute atomic E-state index is 0. The summed E-state index contributed by atoms with van der Waals surface area (Å²) in [7, 11) is 0. The van der Waals surface area contributed by atoms with Gasteiger partial charge >= 0.3 is 51.8 Å². The molecule has 0 bridgehead atoms. The van der Waals surface area contributed by atoms with Gasteiger partial charge in [0.1, 0.15) is 6.79 Å². The van der Waals surface area contributed by atoms with Crippen LogP contribution in [0.1, 0.15) is 0 Å². The lowest BCUT2D eigenvalue weighted by Crippen LogP contribution is -1.77. The van der Waals surface area contributed by atoms with E-state index >= 15 is 0 Å². The van der Waals surface area contributed by atoms with Crippen molar-refractivity contribution in [3.63, 3.8) is 0 Å². The van der Waals surface area contributed by atoms with E-state index in [0.717, 1.165) is 0 Å². The highest BCUT2D eigenvalue weighted by molar-refractivity contribution is 5.56. The van der Waals surface area contributed by atoms with E-state index in [-0.39, 0.29) is 62.7 Å². The summed E-state index contributed by atoms with van der Waals surface area (Å²) >= 11 is 0. The van der Waals surface area contributed by atoms with Gasteiger partial charge in [-0.1, -0.05) is 0 Å². The fourth-order valence-electron chi connectivity index (χ4n) is 0.0907. The Balaban J connectivity index is -0.0000000302. The Morgan fingerprint density at radius 2 is 0.458 bits per heavy atom. The Labute approximate surface area is 133 Å². The smallest absolute Gasteiger partial charge is 0.300 e. The maximum atomic E-state index is 8.95. The average molecular weight is 362 g/mol. The van der Waals surface area contributed by atoms with Crippen LogP contribution in [-0.2, 0) is 62.1 Å². The Morgan fingerprint density at radius 3 is 0.458 bits per heavy atom. The van der Waals surface area contributed by atoms with Gasteiger partial charge in [-0.3, -0.25) is 38.4 Å². The van der Waals surface area contributed by atoms with Gasteiger partial charge in [-0.25, -0.2) is 0 Å². The molecule has 0 saturated carbocycles. The molecule has 0 heterocycles. The van der Waals surface area contributed by atoms with Crippen LogP contribution in [0.5, 0.6) is 0 Å². The molecule has 0 rings (SSSR count). The standard InChI is InChI=1S/4C2H2O3.CH2O.2H2O/c4*3-1-5-2-4;1-2;;/h4*1-2H;1H2;2*1H2. The molecule has 0 unspecified atom stereocenters. The van der Waals surface area contributed by atoms with Crippen LogP contribution in [0.25, 0.3) is 0 Å². The molecule has 0 aromatic heterocycles. The molecule has 0 fully saturated rings. The zero-order valence-corrected chi connectivity index (χ0v) is 11.6. The second kappa shape index (κ2) is 95.0. The predicted molar refractivity (Wildman–Crippen MR) is 67.2 cm³/mol. The summed E-state index contributed by atoms with van der Waals surface area (Å²) in [6.07, 6.45) is 0. The van der Waals surface area contributed by atoms with Crippen LogP contribution in [0.4, 0.5) is 0 Å². The molecule has 0 radical (unpaired) electrons. The summed E-state index contributed by atoms with van der Waals surface area (Å²) in [5.74, 6) is 0. The van der Waals surface area contributed by atoms with Gasteiger partial charge < -0.3 is 34.7 Å². The third kappa shape index (κ3) is 310. The lowest BCUT2D eigenvalue weighted by Gasteiger charge is -1.65. The van der Waals surface area contributed by atoms with E-state index in [1.54, 1.807) is 0 Å². The van der Waals surface area contributed by atoms with Crippen molar-refractivity contribution < 1.29 is 73.1 Å². The van der Waals surface area contributed by atoms with Gasteiger partial charge in [-0.2, -0.15) is 0 Å². The van der Waals surface area contributed by atoms with E-state index in [2.05, 4.69) is 18.9 Å². The number of hydrogen-bond acceptors (Lipinski definition) is 13. The first-order chi connectivity index (χ1) is 10.7. The van der Waals surface area contributed by atoms with Gasteiger partial charge in [-0.05, 0) is 0 Å². The van der Waals surface area contributed by atoms with Gasteiger partial charge in [0.05, 0.1) is 0 Å². The second-order valence-electron chi connectivity index (χ2n) is 1.31. The fraction of sp³-hybridized carbons (Fsp3) is 0. The third-order valence-corrected chi connectivity index (χ3v) is 0.444. The SMILES string of the molecule is C=O.O.O.O=COC=O.O=COC=O.O=COC=O.O=COC=O. The molecule has 0 amide bonds. The zero-order valence-electron chi connectivity index (χ0n) is 11.6. The fourth-order valence-corrected chi connectivity index (χ4v) is 0.0907. The van der Waals surface area contributed by atoms with Crippen molar-refractivity contribution in [2.75, 3.05) is 0 Å². The van der Waals surface area contributed by atoms with E-state index < -0.39 is 0 Å². The maximum absolute atomic E-state index is 8.95. The number of carbonyl (C=O) groups excluding carboxylic acids is 9. The van der Waals surface area contributed by atoms with Gasteiger partial charge in [0.25, 0.3) is 0 Å². The van der Waals surface area contributed by atoms with E-state index in [9.17, 15) is 0 Å². The lowest BCUT2D eigenvalue weighted by molar-refractivity contribution is -0.143. The van der Waals surface area contributed by atoms with Crippen molar-refractivity contribution in [3.05, 3.63) is 0 Å². The normalized spacial score (nSPS) is 4.83. The third-order valence-electron chi connectivity index (χ3n) is 0.444. The summed E-state index contributed by atoms with van der Waals surface area (Å²) in [5, 5.41) is 0. The summed E-state index contributed by atoms with van der Waals surface area (Å²) < 4.78 is 13.9. The number of rotatable bonds is 8. The number of carbonyl (C=O) groups is 9. The Bertz CT molecular complexity index is 209. The topological polar surface area (TPSA) is 254 Å². The summed E-state index contributed by atoms with van der Waals surface area (Å²) in [5.41, 5.74) is 0. The van der Waals surface area contributed by atoms with Crippen molar-refractivity contribution in [2.24, 2.45) is 0 Å². The summed E-state index contributed by atoms with van der Waals surface area (Å²) in [4.78, 5) is 79.6. The first-order valence-electron chi connectivity index (χ1n) is 4.06. The lowest BCUT2D eigenvalue weighted by atomic mass is 11.5. The van der Waals surface area contributed by atoms with Crippen LogP contribution >= 0.6 is 0 Å². The van der Waals surface area contributed by atoms with Crippen LogP contribution in [0.3, 0.4) is 0 Å². The average Bonchev–Trinajstić information content (AvgIpc) is 2.54. The van der Waals surface area contributed by atoms with Crippen molar-refractivity contribution in [1.29, 1.82) is 0 Å². The highest BCUT2D eigenvalue weighted by Gasteiger charge is 1.60. The quantitative estimate of drug-likeness (QED) is 0.224. The van der Waals surface area contributed by atoms with Crippen LogP contribution in [0.2, 0.25) is 0 Å². The van der Waals surface area contributed by atoms with Crippen LogP contribution in [0, 0.1) is 0 Å². The van der Waals surface area contributed by atoms with Crippen LogP contribution < -0.4 is 0 Å². The molecule has 0 atom stereocenters. The van der Waals surface area contributed by atoms with Crippen molar-refractivity contribution in [3.8, 4) is 0 Å². The predicted octanol–water partition coefficient (Wildman–Crippen LogP) is -4.57. The Kier molecular flexibility index (Phi) is 169. The first-order valence-corrected chi connectivity index (χ1v) is 4.06. The highest BCUT2D eigenvalue weighted by atomic mass is 16.6. The molecule has 4 N–H and O–H groups in total. The minimum Gasteiger partial charge on any atom is -0.412 e. The molecular weight excluding hydrogens is 348 g/mol. The maximum Gasteiger partial charge on any atom is 0.300 e.